The SMILES string of the molecule is Cc1c(Cl)cccc1N(CC(=O)NCc1ccc(C(=O)NS(C)(=O)=O)cc1)S(=O)(=O)c1ccc(C(F)(F)F)cc1. The summed E-state index contributed by atoms with van der Waals surface area (Å²) in [5.41, 5.74) is -0.0696. The van der Waals surface area contributed by atoms with Crippen molar-refractivity contribution in [3.8, 4) is 0 Å². The predicted octanol–water partition coefficient (Wildman–Crippen LogP) is 3.87. The predicted molar refractivity (Wildman–Crippen MR) is 143 cm³/mol. The summed E-state index contributed by atoms with van der Waals surface area (Å²) < 4.78 is 91.0. The first-order valence-electron chi connectivity index (χ1n) is 11.3. The molecule has 15 heteroatoms. The van der Waals surface area contributed by atoms with Gasteiger partial charge in [-0.15, -0.1) is 0 Å². The number of anilines is 1. The highest BCUT2D eigenvalue weighted by Crippen LogP contribution is 2.33. The van der Waals surface area contributed by atoms with Crippen LogP contribution in [0.2, 0.25) is 5.02 Å². The third kappa shape index (κ3) is 7.73. The largest absolute Gasteiger partial charge is 0.416 e. The molecule has 0 heterocycles. The van der Waals surface area contributed by atoms with Crippen LogP contribution in [0.3, 0.4) is 0 Å². The number of nitrogens with zero attached hydrogens (tertiary/aromatic N) is 1. The van der Waals surface area contributed by atoms with Crippen LogP contribution in [-0.2, 0) is 37.6 Å². The van der Waals surface area contributed by atoms with Gasteiger partial charge >= 0.3 is 6.18 Å². The van der Waals surface area contributed by atoms with Gasteiger partial charge in [-0.2, -0.15) is 13.2 Å². The molecule has 0 aliphatic heterocycles. The number of carbonyl (C=O) groups is 2. The molecule has 0 unspecified atom stereocenters. The van der Waals surface area contributed by atoms with Crippen molar-refractivity contribution in [2.75, 3.05) is 17.1 Å². The average Bonchev–Trinajstić information content (AvgIpc) is 2.86. The lowest BCUT2D eigenvalue weighted by molar-refractivity contribution is -0.137. The highest BCUT2D eigenvalue weighted by atomic mass is 35.5. The maximum Gasteiger partial charge on any atom is 0.416 e. The second-order valence-electron chi connectivity index (χ2n) is 8.59. The molecule has 9 nitrogen and oxygen atoms in total. The highest BCUT2D eigenvalue weighted by Gasteiger charge is 2.33. The molecule has 0 aromatic heterocycles. The molecular weight excluding hydrogens is 595 g/mol. The Morgan fingerprint density at radius 2 is 1.52 bits per heavy atom. The van der Waals surface area contributed by atoms with Crippen LogP contribution >= 0.6 is 11.6 Å². The van der Waals surface area contributed by atoms with Crippen LogP contribution < -0.4 is 14.3 Å². The molecule has 0 fully saturated rings. The Morgan fingerprint density at radius 3 is 2.08 bits per heavy atom. The van der Waals surface area contributed by atoms with Gasteiger partial charge < -0.3 is 5.32 Å². The lowest BCUT2D eigenvalue weighted by atomic mass is 10.1. The van der Waals surface area contributed by atoms with Crippen LogP contribution in [0.4, 0.5) is 18.9 Å². The Balaban J connectivity index is 1.83. The van der Waals surface area contributed by atoms with E-state index >= 15 is 0 Å². The van der Waals surface area contributed by atoms with Crippen LogP contribution in [0.5, 0.6) is 0 Å². The monoisotopic (exact) mass is 617 g/mol. The van der Waals surface area contributed by atoms with Crippen molar-refractivity contribution in [3.05, 3.63) is 94.0 Å². The third-order valence-electron chi connectivity index (χ3n) is 5.55. The van der Waals surface area contributed by atoms with Crippen molar-refractivity contribution in [2.24, 2.45) is 0 Å². The normalized spacial score (nSPS) is 12.1. The van der Waals surface area contributed by atoms with Crippen LogP contribution in [0, 0.1) is 6.92 Å². The minimum atomic E-state index is -4.67. The molecule has 3 aromatic rings. The summed E-state index contributed by atoms with van der Waals surface area (Å²) >= 11 is 6.16. The van der Waals surface area contributed by atoms with Crippen LogP contribution in [0.1, 0.15) is 27.0 Å². The quantitative estimate of drug-likeness (QED) is 0.375. The van der Waals surface area contributed by atoms with Gasteiger partial charge in [-0.3, -0.25) is 13.9 Å². The summed E-state index contributed by atoms with van der Waals surface area (Å²) in [5.74, 6) is -1.58. The molecule has 214 valence electrons. The number of rotatable bonds is 9. The maximum absolute atomic E-state index is 13.5. The zero-order chi connectivity index (χ0) is 29.9. The van der Waals surface area contributed by atoms with Gasteiger partial charge in [0.2, 0.25) is 15.9 Å². The standard InChI is InChI=1S/C25H23ClF3N3O6S2/c1-16-21(26)4-3-5-22(16)32(40(37,38)20-12-10-19(11-13-20)25(27,28)29)15-23(33)30-14-17-6-8-18(9-7-17)24(34)31-39(2,35)36/h3-13H,14-15H2,1-2H3,(H,30,33)(H,31,34). The van der Waals surface area contributed by atoms with E-state index in [4.69, 9.17) is 11.6 Å². The van der Waals surface area contributed by atoms with Crippen molar-refractivity contribution < 1.29 is 39.6 Å². The Labute approximate surface area is 234 Å². The fourth-order valence-corrected chi connectivity index (χ4v) is 5.60. The Morgan fingerprint density at radius 1 is 0.925 bits per heavy atom. The van der Waals surface area contributed by atoms with E-state index in [0.29, 0.717) is 23.3 Å². The van der Waals surface area contributed by atoms with E-state index in [-0.39, 0.29) is 22.8 Å². The summed E-state index contributed by atoms with van der Waals surface area (Å²) in [5, 5.41) is 2.76. The fourth-order valence-electron chi connectivity index (χ4n) is 3.50. The number of halogens is 4. The van der Waals surface area contributed by atoms with Gasteiger partial charge in [0.15, 0.2) is 0 Å². The Hall–Kier alpha value is -3.62. The first-order valence-corrected chi connectivity index (χ1v) is 15.0. The van der Waals surface area contributed by atoms with E-state index in [1.54, 1.807) is 0 Å². The minimum Gasteiger partial charge on any atom is -0.350 e. The van der Waals surface area contributed by atoms with E-state index in [2.05, 4.69) is 5.32 Å². The maximum atomic E-state index is 13.5. The van der Waals surface area contributed by atoms with Crippen molar-refractivity contribution in [1.82, 2.24) is 10.0 Å². The molecule has 0 saturated carbocycles. The molecule has 0 atom stereocenters. The van der Waals surface area contributed by atoms with Crippen LogP contribution in [0.25, 0.3) is 0 Å². The molecule has 3 aromatic carbocycles. The number of nitrogens with one attached hydrogen (secondary N) is 2. The topological polar surface area (TPSA) is 130 Å². The summed E-state index contributed by atoms with van der Waals surface area (Å²) in [4.78, 5) is 24.3. The first kappa shape index (κ1) is 30.9. The number of sulfonamides is 2. The molecule has 3 rings (SSSR count). The average molecular weight is 618 g/mol. The zero-order valence-electron chi connectivity index (χ0n) is 21.0. The number of hydrogen-bond acceptors (Lipinski definition) is 6. The minimum absolute atomic E-state index is 0.0591. The van der Waals surface area contributed by atoms with E-state index in [1.807, 2.05) is 4.72 Å². The van der Waals surface area contributed by atoms with Crippen LogP contribution in [0.15, 0.2) is 71.6 Å². The van der Waals surface area contributed by atoms with Crippen molar-refractivity contribution in [3.63, 3.8) is 0 Å². The Bertz CT molecular complexity index is 1630. The zero-order valence-corrected chi connectivity index (χ0v) is 23.4. The summed E-state index contributed by atoms with van der Waals surface area (Å²) in [6.45, 7) is 0.737. The Kier molecular flexibility index (Phi) is 9.17. The summed E-state index contributed by atoms with van der Waals surface area (Å²) in [6.07, 6.45) is -3.83. The smallest absolute Gasteiger partial charge is 0.350 e. The van der Waals surface area contributed by atoms with E-state index in [1.165, 1.54) is 49.4 Å². The molecule has 2 amide bonds. The molecule has 40 heavy (non-hydrogen) atoms. The molecule has 0 bridgehead atoms. The van der Waals surface area contributed by atoms with Gasteiger partial charge in [-0.25, -0.2) is 21.6 Å². The van der Waals surface area contributed by atoms with Gasteiger partial charge in [0, 0.05) is 17.1 Å². The van der Waals surface area contributed by atoms with Crippen LogP contribution in [-0.4, -0.2) is 41.5 Å². The third-order valence-corrected chi connectivity index (χ3v) is 8.29. The molecule has 0 aliphatic rings. The van der Waals surface area contributed by atoms with E-state index in [9.17, 15) is 39.6 Å². The van der Waals surface area contributed by atoms with Crippen molar-refractivity contribution in [1.29, 1.82) is 0 Å². The molecular formula is C25H23ClF3N3O6S2. The van der Waals surface area contributed by atoms with Gasteiger partial charge in [0.05, 0.1) is 22.4 Å². The lowest BCUT2D eigenvalue weighted by Crippen LogP contribution is -2.41. The summed E-state index contributed by atoms with van der Waals surface area (Å²) in [7, 11) is -8.26. The number of carbonyl (C=O) groups excluding carboxylic acids is 2. The van der Waals surface area contributed by atoms with Gasteiger partial charge in [0.25, 0.3) is 15.9 Å². The van der Waals surface area contributed by atoms with Crippen molar-refractivity contribution in [2.45, 2.75) is 24.5 Å². The number of benzene rings is 3. The molecule has 0 radical (unpaired) electrons. The molecule has 0 aliphatic carbocycles. The number of hydrogen-bond donors (Lipinski definition) is 2. The first-order chi connectivity index (χ1) is 18.5. The molecule has 2 N–H and O–H groups in total. The van der Waals surface area contributed by atoms with Gasteiger partial charge in [0.1, 0.15) is 6.54 Å². The fraction of sp³-hybridized carbons (Fsp3) is 0.200. The van der Waals surface area contributed by atoms with E-state index in [0.717, 1.165) is 22.7 Å². The van der Waals surface area contributed by atoms with Crippen molar-refractivity contribution >= 4 is 49.1 Å². The summed E-state index contributed by atoms with van der Waals surface area (Å²) in [6, 6.07) is 12.9. The second kappa shape index (κ2) is 11.9. The molecule has 0 saturated heterocycles. The number of alkyl halides is 3. The van der Waals surface area contributed by atoms with E-state index < -0.39 is 55.0 Å². The molecule has 0 spiro atoms. The van der Waals surface area contributed by atoms with Gasteiger partial charge in [-0.05, 0) is 66.6 Å². The van der Waals surface area contributed by atoms with Gasteiger partial charge in [-0.1, -0.05) is 29.8 Å². The second-order valence-corrected chi connectivity index (χ2v) is 12.6. The number of amides is 2. The lowest BCUT2D eigenvalue weighted by Gasteiger charge is -2.26. The highest BCUT2D eigenvalue weighted by molar-refractivity contribution is 7.92.